The highest BCUT2D eigenvalue weighted by Crippen LogP contribution is 2.30. The molecule has 2 aromatic rings. The van der Waals surface area contributed by atoms with Gasteiger partial charge in [0.15, 0.2) is 0 Å². The molecule has 0 unspecified atom stereocenters. The van der Waals surface area contributed by atoms with Gasteiger partial charge in [-0.15, -0.1) is 0 Å². The summed E-state index contributed by atoms with van der Waals surface area (Å²) in [6.45, 7) is 2.15. The molecule has 0 saturated carbocycles. The number of hydrogen-bond donors (Lipinski definition) is 0. The maximum absolute atomic E-state index is 12.9. The number of hydrogen-bond acceptors (Lipinski definition) is 5. The summed E-state index contributed by atoms with van der Waals surface area (Å²) in [7, 11) is 0. The van der Waals surface area contributed by atoms with Gasteiger partial charge in [-0.05, 0) is 25.0 Å². The van der Waals surface area contributed by atoms with Crippen LogP contribution in [0, 0.1) is 5.92 Å². The number of carbonyl (C=O) groups excluding carboxylic acids is 2. The molecule has 2 bridgehead atoms. The molecule has 5 rings (SSSR count). The predicted molar refractivity (Wildman–Crippen MR) is 92.5 cm³/mol. The fourth-order valence-corrected chi connectivity index (χ4v) is 3.83. The van der Waals surface area contributed by atoms with E-state index >= 15 is 0 Å². The molecule has 3 aliphatic rings. The van der Waals surface area contributed by atoms with Crippen molar-refractivity contribution in [2.24, 2.45) is 5.92 Å². The molecule has 2 amide bonds. The van der Waals surface area contributed by atoms with E-state index in [-0.39, 0.29) is 23.8 Å². The van der Waals surface area contributed by atoms with Gasteiger partial charge in [-0.25, -0.2) is 4.98 Å². The number of aryl methyl sites for hydroxylation is 1. The van der Waals surface area contributed by atoms with E-state index in [2.05, 4.69) is 15.1 Å². The van der Waals surface area contributed by atoms with Crippen LogP contribution in [0.25, 0.3) is 0 Å². The van der Waals surface area contributed by atoms with E-state index in [1.807, 2.05) is 28.0 Å². The standard InChI is InChI=1S/C18H22N6O2/c25-17(6-8-23-13-19-12-21-23)22-9-14-4-5-16(11-22)24(18(14)26)10-15-3-1-2-7-20-15/h1-3,7,12-14,16H,4-6,8-11H2/t14-,16+/m0/s1. The van der Waals surface area contributed by atoms with Crippen molar-refractivity contribution in [3.05, 3.63) is 42.7 Å². The SMILES string of the molecule is O=C(CCn1cncn1)N1C[C@@H]2CC[C@H](C1)N(Cc1ccccn1)C2=O. The van der Waals surface area contributed by atoms with Crippen LogP contribution < -0.4 is 0 Å². The number of rotatable bonds is 5. The average molecular weight is 354 g/mol. The van der Waals surface area contributed by atoms with Crippen molar-refractivity contribution in [3.8, 4) is 0 Å². The van der Waals surface area contributed by atoms with Crippen molar-refractivity contribution in [3.63, 3.8) is 0 Å². The molecule has 8 heteroatoms. The van der Waals surface area contributed by atoms with E-state index in [4.69, 9.17) is 0 Å². The van der Waals surface area contributed by atoms with Crippen LogP contribution in [0.1, 0.15) is 25.0 Å². The predicted octanol–water partition coefficient (Wildman–Crippen LogP) is 0.713. The van der Waals surface area contributed by atoms with Crippen LogP contribution in [0.3, 0.4) is 0 Å². The van der Waals surface area contributed by atoms with Gasteiger partial charge in [0.1, 0.15) is 12.7 Å². The number of carbonyl (C=O) groups is 2. The Hall–Kier alpha value is -2.77. The molecule has 26 heavy (non-hydrogen) atoms. The lowest BCUT2D eigenvalue weighted by atomic mass is 9.94. The number of fused-ring (bicyclic) bond motifs is 4. The Kier molecular flexibility index (Phi) is 4.64. The first-order valence-electron chi connectivity index (χ1n) is 9.01. The summed E-state index contributed by atoms with van der Waals surface area (Å²) >= 11 is 0. The molecule has 0 radical (unpaired) electrons. The van der Waals surface area contributed by atoms with Crippen LogP contribution in [0.5, 0.6) is 0 Å². The fourth-order valence-electron chi connectivity index (χ4n) is 3.83. The molecule has 2 atom stereocenters. The van der Waals surface area contributed by atoms with Gasteiger partial charge >= 0.3 is 0 Å². The molecule has 0 spiro atoms. The molecule has 3 fully saturated rings. The molecule has 2 aromatic heterocycles. The highest BCUT2D eigenvalue weighted by Gasteiger charge is 2.41. The summed E-state index contributed by atoms with van der Waals surface area (Å²) in [5.74, 6) is 0.121. The van der Waals surface area contributed by atoms with Gasteiger partial charge in [0.05, 0.1) is 24.7 Å². The van der Waals surface area contributed by atoms with Gasteiger partial charge in [0, 0.05) is 31.7 Å². The fraction of sp³-hybridized carbons (Fsp3) is 0.500. The monoisotopic (exact) mass is 354 g/mol. The van der Waals surface area contributed by atoms with E-state index in [9.17, 15) is 9.59 Å². The lowest BCUT2D eigenvalue weighted by Crippen LogP contribution is -2.47. The quantitative estimate of drug-likeness (QED) is 0.790. The second kappa shape index (κ2) is 7.23. The molecular weight excluding hydrogens is 332 g/mol. The number of nitrogens with zero attached hydrogens (tertiary/aromatic N) is 6. The van der Waals surface area contributed by atoms with Gasteiger partial charge in [-0.3, -0.25) is 19.3 Å². The minimum Gasteiger partial charge on any atom is -0.340 e. The summed E-state index contributed by atoms with van der Waals surface area (Å²) < 4.78 is 1.66. The first-order chi connectivity index (χ1) is 12.7. The largest absolute Gasteiger partial charge is 0.340 e. The zero-order chi connectivity index (χ0) is 17.9. The summed E-state index contributed by atoms with van der Waals surface area (Å²) in [5, 5.41) is 4.03. The zero-order valence-corrected chi connectivity index (χ0v) is 14.6. The molecule has 0 aromatic carbocycles. The van der Waals surface area contributed by atoms with E-state index in [0.717, 1.165) is 18.5 Å². The van der Waals surface area contributed by atoms with Gasteiger partial charge in [0.2, 0.25) is 11.8 Å². The maximum atomic E-state index is 12.9. The first kappa shape index (κ1) is 16.7. The van der Waals surface area contributed by atoms with Crippen LogP contribution in [-0.2, 0) is 22.7 Å². The van der Waals surface area contributed by atoms with Gasteiger partial charge in [-0.1, -0.05) is 6.07 Å². The number of pyridine rings is 1. The minimum absolute atomic E-state index is 0.0681. The third-order valence-electron chi connectivity index (χ3n) is 5.23. The smallest absolute Gasteiger partial charge is 0.228 e. The Morgan fingerprint density at radius 1 is 1.23 bits per heavy atom. The number of aromatic nitrogens is 4. The van der Waals surface area contributed by atoms with Crippen LogP contribution in [-0.4, -0.2) is 60.5 Å². The average Bonchev–Trinajstić information content (AvgIpc) is 3.04. The summed E-state index contributed by atoms with van der Waals surface area (Å²) in [5.41, 5.74) is 0.887. The Morgan fingerprint density at radius 2 is 2.15 bits per heavy atom. The number of amides is 2. The normalized spacial score (nSPS) is 22.5. The summed E-state index contributed by atoms with van der Waals surface area (Å²) in [6, 6.07) is 5.81. The second-order valence-corrected chi connectivity index (χ2v) is 6.92. The summed E-state index contributed by atoms with van der Waals surface area (Å²) in [6.07, 6.45) is 6.99. The van der Waals surface area contributed by atoms with Crippen LogP contribution in [0.4, 0.5) is 0 Å². The Morgan fingerprint density at radius 3 is 2.92 bits per heavy atom. The van der Waals surface area contributed by atoms with E-state index in [1.54, 1.807) is 17.2 Å². The molecular formula is C18H22N6O2. The lowest BCUT2D eigenvalue weighted by Gasteiger charge is -2.35. The molecule has 3 aliphatic heterocycles. The Labute approximate surface area is 151 Å². The molecule has 0 aliphatic carbocycles. The van der Waals surface area contributed by atoms with Crippen molar-refractivity contribution in [1.29, 1.82) is 0 Å². The minimum atomic E-state index is -0.104. The van der Waals surface area contributed by atoms with Crippen LogP contribution in [0.15, 0.2) is 37.1 Å². The van der Waals surface area contributed by atoms with Gasteiger partial charge in [0.25, 0.3) is 0 Å². The maximum Gasteiger partial charge on any atom is 0.228 e. The third kappa shape index (κ3) is 3.44. The third-order valence-corrected chi connectivity index (χ3v) is 5.23. The van der Waals surface area contributed by atoms with E-state index in [0.29, 0.717) is 32.6 Å². The Balaban J connectivity index is 1.43. The van der Waals surface area contributed by atoms with Gasteiger partial charge < -0.3 is 9.80 Å². The molecule has 136 valence electrons. The number of piperidine rings is 1. The van der Waals surface area contributed by atoms with Crippen molar-refractivity contribution >= 4 is 11.8 Å². The highest BCUT2D eigenvalue weighted by molar-refractivity contribution is 5.83. The Bertz CT molecular complexity index is 763. The topological polar surface area (TPSA) is 84.2 Å². The molecule has 8 nitrogen and oxygen atoms in total. The van der Waals surface area contributed by atoms with Crippen molar-refractivity contribution in [2.75, 3.05) is 13.1 Å². The van der Waals surface area contributed by atoms with Crippen molar-refractivity contribution < 1.29 is 9.59 Å². The molecule has 5 heterocycles. The first-order valence-corrected chi connectivity index (χ1v) is 9.01. The molecule has 0 N–H and O–H groups in total. The molecule has 3 saturated heterocycles. The highest BCUT2D eigenvalue weighted by atomic mass is 16.2. The van der Waals surface area contributed by atoms with E-state index < -0.39 is 0 Å². The second-order valence-electron chi connectivity index (χ2n) is 6.92. The van der Waals surface area contributed by atoms with Crippen LogP contribution >= 0.6 is 0 Å². The van der Waals surface area contributed by atoms with Crippen molar-refractivity contribution in [2.45, 2.75) is 38.4 Å². The van der Waals surface area contributed by atoms with E-state index in [1.165, 1.54) is 6.33 Å². The zero-order valence-electron chi connectivity index (χ0n) is 14.6. The van der Waals surface area contributed by atoms with Crippen LogP contribution in [0.2, 0.25) is 0 Å². The summed E-state index contributed by atoms with van der Waals surface area (Å²) in [4.78, 5) is 37.5. The van der Waals surface area contributed by atoms with Crippen molar-refractivity contribution in [1.82, 2.24) is 29.5 Å². The lowest BCUT2D eigenvalue weighted by molar-refractivity contribution is -0.140. The van der Waals surface area contributed by atoms with Gasteiger partial charge in [-0.2, -0.15) is 5.10 Å².